The second kappa shape index (κ2) is 5.80. The van der Waals surface area contributed by atoms with E-state index in [0.717, 1.165) is 12.1 Å². The molecule has 0 bridgehead atoms. The maximum atomic E-state index is 11.0. The number of aliphatic hydroxyl groups is 2. The van der Waals surface area contributed by atoms with E-state index < -0.39 is 40.0 Å². The van der Waals surface area contributed by atoms with Gasteiger partial charge in [0.1, 0.15) is 5.69 Å². The maximum absolute atomic E-state index is 11.0. The summed E-state index contributed by atoms with van der Waals surface area (Å²) in [5.74, 6) is 0. The molecule has 110 valence electrons. The first-order valence-electron chi connectivity index (χ1n) is 5.65. The molecule has 0 atom stereocenters. The molecule has 0 saturated heterocycles. The molecule has 0 aliphatic rings. The van der Waals surface area contributed by atoms with Crippen molar-refractivity contribution in [1.82, 2.24) is 0 Å². The van der Waals surface area contributed by atoms with Crippen LogP contribution < -0.4 is 4.90 Å². The van der Waals surface area contributed by atoms with Crippen LogP contribution >= 0.6 is 0 Å². The molecule has 20 heavy (non-hydrogen) atoms. The molecule has 0 saturated carbocycles. The number of nitro benzene ring substituents is 2. The monoisotopic (exact) mass is 285 g/mol. The molecule has 2 N–H and O–H groups in total. The third-order valence-electron chi connectivity index (χ3n) is 3.22. The Bertz CT molecular complexity index is 529. The van der Waals surface area contributed by atoms with Gasteiger partial charge in [0.2, 0.25) is 0 Å². The molecular weight excluding hydrogens is 270 g/mol. The van der Waals surface area contributed by atoms with Crippen molar-refractivity contribution in [3.8, 4) is 0 Å². The number of anilines is 1. The predicted octanol–water partition coefficient (Wildman–Crippen LogP) is 0.682. The lowest BCUT2D eigenvalue weighted by molar-refractivity contribution is -0.393. The highest BCUT2D eigenvalue weighted by Gasteiger charge is 2.33. The van der Waals surface area contributed by atoms with Gasteiger partial charge in [-0.1, -0.05) is 0 Å². The molecule has 0 radical (unpaired) electrons. The summed E-state index contributed by atoms with van der Waals surface area (Å²) < 4.78 is 0. The number of nitro groups is 2. The zero-order valence-electron chi connectivity index (χ0n) is 11.0. The van der Waals surface area contributed by atoms with Gasteiger partial charge in [-0.2, -0.15) is 0 Å². The Balaban J connectivity index is 3.37. The molecule has 0 amide bonds. The summed E-state index contributed by atoms with van der Waals surface area (Å²) in [5, 5.41) is 40.3. The van der Waals surface area contributed by atoms with Gasteiger partial charge in [0.05, 0.1) is 34.7 Å². The van der Waals surface area contributed by atoms with E-state index in [2.05, 4.69) is 0 Å². The Hall–Kier alpha value is -2.26. The quantitative estimate of drug-likeness (QED) is 0.580. The van der Waals surface area contributed by atoms with Crippen LogP contribution in [0.25, 0.3) is 0 Å². The Morgan fingerprint density at radius 3 is 2.15 bits per heavy atom. The van der Waals surface area contributed by atoms with Crippen molar-refractivity contribution in [2.45, 2.75) is 12.5 Å². The molecule has 9 heteroatoms. The second-order valence-corrected chi connectivity index (χ2v) is 4.56. The van der Waals surface area contributed by atoms with Crippen LogP contribution in [0.4, 0.5) is 17.1 Å². The van der Waals surface area contributed by atoms with Crippen LogP contribution in [0.1, 0.15) is 6.92 Å². The van der Waals surface area contributed by atoms with E-state index in [9.17, 15) is 30.4 Å². The van der Waals surface area contributed by atoms with Gasteiger partial charge in [-0.25, -0.2) is 0 Å². The van der Waals surface area contributed by atoms with Gasteiger partial charge in [-0.15, -0.1) is 0 Å². The predicted molar refractivity (Wildman–Crippen MR) is 70.7 cm³/mol. The minimum absolute atomic E-state index is 0.0752. The molecule has 1 aromatic rings. The standard InChI is InChI=1S/C11H15N3O6/c1-11(6-15,7-16)12(2)9-4-3-8(13(17)18)5-10(9)14(19)20/h3-5,15-16H,6-7H2,1-2H3. The van der Waals surface area contributed by atoms with Crippen LogP contribution in [0.5, 0.6) is 0 Å². The molecule has 0 aromatic heterocycles. The fraction of sp³-hybridized carbons (Fsp3) is 0.455. The van der Waals surface area contributed by atoms with Gasteiger partial charge in [-0.05, 0) is 13.0 Å². The van der Waals surface area contributed by atoms with Crippen molar-refractivity contribution in [3.05, 3.63) is 38.4 Å². The van der Waals surface area contributed by atoms with Crippen molar-refractivity contribution >= 4 is 17.1 Å². The number of non-ortho nitro benzene ring substituents is 1. The summed E-state index contributed by atoms with van der Waals surface area (Å²) in [4.78, 5) is 21.5. The fourth-order valence-corrected chi connectivity index (χ4v) is 1.61. The Morgan fingerprint density at radius 2 is 1.75 bits per heavy atom. The summed E-state index contributed by atoms with van der Waals surface area (Å²) in [6.07, 6.45) is 0. The number of nitrogens with zero attached hydrogens (tertiary/aromatic N) is 3. The van der Waals surface area contributed by atoms with Gasteiger partial charge in [0.25, 0.3) is 11.4 Å². The van der Waals surface area contributed by atoms with E-state index >= 15 is 0 Å². The number of hydrogen-bond acceptors (Lipinski definition) is 7. The summed E-state index contributed by atoms with van der Waals surface area (Å²) in [5.41, 5.74) is -1.91. The highest BCUT2D eigenvalue weighted by Crippen LogP contribution is 2.34. The molecule has 0 fully saturated rings. The summed E-state index contributed by atoms with van der Waals surface area (Å²) in [6.45, 7) is 0.639. The number of aliphatic hydroxyl groups excluding tert-OH is 2. The lowest BCUT2D eigenvalue weighted by Gasteiger charge is -2.37. The average molecular weight is 285 g/mol. The van der Waals surface area contributed by atoms with Crippen LogP contribution in [-0.4, -0.2) is 45.9 Å². The third kappa shape index (κ3) is 2.83. The SMILES string of the molecule is CN(c1ccc([N+](=O)[O-])cc1[N+](=O)[O-])C(C)(CO)CO. The maximum Gasteiger partial charge on any atom is 0.299 e. The summed E-state index contributed by atoms with van der Waals surface area (Å²) in [6, 6.07) is 3.20. The number of likely N-dealkylation sites (N-methyl/N-ethyl adjacent to an activating group) is 1. The van der Waals surface area contributed by atoms with Crippen molar-refractivity contribution in [1.29, 1.82) is 0 Å². The Labute approximate surface area is 114 Å². The second-order valence-electron chi connectivity index (χ2n) is 4.56. The van der Waals surface area contributed by atoms with Gasteiger partial charge in [0, 0.05) is 13.1 Å². The van der Waals surface area contributed by atoms with Crippen LogP contribution in [0, 0.1) is 20.2 Å². The van der Waals surface area contributed by atoms with Crippen LogP contribution in [0.15, 0.2) is 18.2 Å². The van der Waals surface area contributed by atoms with E-state index in [4.69, 9.17) is 0 Å². The molecule has 9 nitrogen and oxygen atoms in total. The van der Waals surface area contributed by atoms with Crippen molar-refractivity contribution in [2.75, 3.05) is 25.2 Å². The smallest absolute Gasteiger partial charge is 0.299 e. The molecule has 0 spiro atoms. The lowest BCUT2D eigenvalue weighted by atomic mass is 10.0. The molecule has 0 unspecified atom stereocenters. The molecular formula is C11H15N3O6. The van der Waals surface area contributed by atoms with Crippen LogP contribution in [-0.2, 0) is 0 Å². The number of rotatable bonds is 6. The molecule has 1 aromatic carbocycles. The molecule has 0 aliphatic carbocycles. The normalized spacial score (nSPS) is 11.2. The van der Waals surface area contributed by atoms with E-state index in [1.54, 1.807) is 0 Å². The van der Waals surface area contributed by atoms with Crippen LogP contribution in [0.2, 0.25) is 0 Å². The van der Waals surface area contributed by atoms with Gasteiger partial charge in [-0.3, -0.25) is 20.2 Å². The average Bonchev–Trinajstić information content (AvgIpc) is 2.44. The first-order valence-corrected chi connectivity index (χ1v) is 5.65. The minimum atomic E-state index is -1.12. The first kappa shape index (κ1) is 15.8. The van der Waals surface area contributed by atoms with Crippen molar-refractivity contribution < 1.29 is 20.1 Å². The highest BCUT2D eigenvalue weighted by atomic mass is 16.6. The zero-order valence-corrected chi connectivity index (χ0v) is 11.0. The summed E-state index contributed by atoms with van der Waals surface area (Å²) >= 11 is 0. The number of hydrogen-bond donors (Lipinski definition) is 2. The summed E-state index contributed by atoms with van der Waals surface area (Å²) in [7, 11) is 1.46. The highest BCUT2D eigenvalue weighted by molar-refractivity contribution is 5.67. The van der Waals surface area contributed by atoms with E-state index in [1.165, 1.54) is 24.9 Å². The van der Waals surface area contributed by atoms with E-state index in [1.807, 2.05) is 0 Å². The Kier molecular flexibility index (Phi) is 4.58. The molecule has 1 rings (SSSR count). The van der Waals surface area contributed by atoms with Crippen molar-refractivity contribution in [2.24, 2.45) is 0 Å². The topological polar surface area (TPSA) is 130 Å². The van der Waals surface area contributed by atoms with Gasteiger partial charge in [0.15, 0.2) is 0 Å². The number of benzene rings is 1. The largest absolute Gasteiger partial charge is 0.394 e. The van der Waals surface area contributed by atoms with Crippen LogP contribution in [0.3, 0.4) is 0 Å². The lowest BCUT2D eigenvalue weighted by Crippen LogP contribution is -2.50. The third-order valence-corrected chi connectivity index (χ3v) is 3.22. The molecule has 0 heterocycles. The van der Waals surface area contributed by atoms with Crippen molar-refractivity contribution in [3.63, 3.8) is 0 Å². The molecule has 0 aliphatic heterocycles. The van der Waals surface area contributed by atoms with E-state index in [-0.39, 0.29) is 5.69 Å². The Morgan fingerprint density at radius 1 is 1.20 bits per heavy atom. The van der Waals surface area contributed by atoms with E-state index in [0.29, 0.717) is 0 Å². The zero-order chi connectivity index (χ0) is 15.5. The minimum Gasteiger partial charge on any atom is -0.394 e. The van der Waals surface area contributed by atoms with Gasteiger partial charge < -0.3 is 15.1 Å². The fourth-order valence-electron chi connectivity index (χ4n) is 1.61. The first-order chi connectivity index (χ1) is 9.26. The van der Waals surface area contributed by atoms with Gasteiger partial charge >= 0.3 is 0 Å².